The predicted octanol–water partition coefficient (Wildman–Crippen LogP) is 2.53. The molecule has 1 aromatic heterocycles. The lowest BCUT2D eigenvalue weighted by molar-refractivity contribution is 0.0744. The zero-order chi connectivity index (χ0) is 17.9. The van der Waals surface area contributed by atoms with Crippen molar-refractivity contribution in [2.75, 3.05) is 26.6 Å². The summed E-state index contributed by atoms with van der Waals surface area (Å²) in [5, 5.41) is 4.29. The van der Waals surface area contributed by atoms with Crippen molar-refractivity contribution in [3.63, 3.8) is 0 Å². The summed E-state index contributed by atoms with van der Waals surface area (Å²) in [6.45, 7) is 3.51. The maximum Gasteiger partial charge on any atom is 0.336 e. The molecular formula is C18H21N3O5. The van der Waals surface area contributed by atoms with Crippen LogP contribution in [0.2, 0.25) is 0 Å². The fraction of sp³-hybridized carbons (Fsp3) is 0.500. The summed E-state index contributed by atoms with van der Waals surface area (Å²) in [5.41, 5.74) is 0.731. The number of fused-ring (bicyclic) bond motifs is 1. The molecule has 1 aliphatic heterocycles. The lowest BCUT2D eigenvalue weighted by Crippen LogP contribution is -2.28. The Morgan fingerprint density at radius 1 is 1.27 bits per heavy atom. The number of carbonyl (C=O) groups is 1. The summed E-state index contributed by atoms with van der Waals surface area (Å²) < 4.78 is 22.9. The van der Waals surface area contributed by atoms with E-state index in [0.717, 1.165) is 24.8 Å². The number of hydrogen-bond donors (Lipinski definition) is 0. The summed E-state index contributed by atoms with van der Waals surface area (Å²) in [6.07, 6.45) is 2.85. The Bertz CT molecular complexity index is 800. The van der Waals surface area contributed by atoms with Crippen molar-refractivity contribution in [3.8, 4) is 28.9 Å². The molecule has 138 valence electrons. The first-order valence-corrected chi connectivity index (χ1v) is 8.88. The van der Waals surface area contributed by atoms with E-state index < -0.39 is 0 Å². The maximum absolute atomic E-state index is 12.8. The lowest BCUT2D eigenvalue weighted by Gasteiger charge is -2.23. The average molecular weight is 359 g/mol. The lowest BCUT2D eigenvalue weighted by atomic mass is 9.85. The smallest absolute Gasteiger partial charge is 0.336 e. The van der Waals surface area contributed by atoms with Gasteiger partial charge < -0.3 is 18.9 Å². The van der Waals surface area contributed by atoms with Crippen LogP contribution in [-0.2, 0) is 4.74 Å². The molecule has 0 amide bonds. The van der Waals surface area contributed by atoms with E-state index in [1.165, 1.54) is 4.68 Å². The van der Waals surface area contributed by atoms with Crippen molar-refractivity contribution in [1.82, 2.24) is 14.8 Å². The normalized spacial score (nSPS) is 15.7. The minimum absolute atomic E-state index is 0.000681. The van der Waals surface area contributed by atoms with Crippen LogP contribution in [0.15, 0.2) is 18.2 Å². The van der Waals surface area contributed by atoms with Crippen molar-refractivity contribution in [2.45, 2.75) is 26.2 Å². The SMILES string of the molecule is CCOCCOc1nc(-c2ccc3c(c2)OCO3)n(C(=O)C2CCC2)n1. The van der Waals surface area contributed by atoms with Gasteiger partial charge in [0.15, 0.2) is 17.3 Å². The van der Waals surface area contributed by atoms with Crippen LogP contribution in [0.3, 0.4) is 0 Å². The third-order valence-electron chi connectivity index (χ3n) is 4.54. The Morgan fingerprint density at radius 3 is 2.88 bits per heavy atom. The molecule has 26 heavy (non-hydrogen) atoms. The minimum Gasteiger partial charge on any atom is -0.460 e. The summed E-state index contributed by atoms with van der Waals surface area (Å²) in [4.78, 5) is 17.2. The largest absolute Gasteiger partial charge is 0.460 e. The predicted molar refractivity (Wildman–Crippen MR) is 91.5 cm³/mol. The Balaban J connectivity index is 1.62. The molecule has 0 spiro atoms. The molecule has 2 aliphatic rings. The standard InChI is InChI=1S/C18H21N3O5/c1-2-23-8-9-24-18-19-16(21(20-18)17(22)12-4-3-5-12)13-6-7-14-15(10-13)26-11-25-14/h6-7,10,12H,2-5,8-9,11H2,1H3. The van der Waals surface area contributed by atoms with Gasteiger partial charge in [-0.25, -0.2) is 0 Å². The van der Waals surface area contributed by atoms with Gasteiger partial charge in [0.1, 0.15) is 6.61 Å². The second kappa shape index (κ2) is 7.33. The highest BCUT2D eigenvalue weighted by Gasteiger charge is 2.30. The summed E-state index contributed by atoms with van der Waals surface area (Å²) in [5.74, 6) is 1.72. The van der Waals surface area contributed by atoms with Gasteiger partial charge in [-0.05, 0) is 38.0 Å². The molecule has 0 bridgehead atoms. The number of rotatable bonds is 7. The Hall–Kier alpha value is -2.61. The first kappa shape index (κ1) is 16.8. The molecule has 0 saturated heterocycles. The van der Waals surface area contributed by atoms with Gasteiger partial charge in [-0.1, -0.05) is 6.42 Å². The Labute approximate surface area is 151 Å². The monoisotopic (exact) mass is 359 g/mol. The minimum atomic E-state index is -0.0453. The molecule has 0 atom stereocenters. The third kappa shape index (κ3) is 3.24. The molecule has 0 radical (unpaired) electrons. The van der Waals surface area contributed by atoms with Crippen molar-refractivity contribution in [3.05, 3.63) is 18.2 Å². The zero-order valence-electron chi connectivity index (χ0n) is 14.6. The summed E-state index contributed by atoms with van der Waals surface area (Å²) in [7, 11) is 0. The molecule has 1 aliphatic carbocycles. The van der Waals surface area contributed by atoms with Gasteiger partial charge >= 0.3 is 6.01 Å². The van der Waals surface area contributed by atoms with E-state index in [4.69, 9.17) is 18.9 Å². The molecule has 0 unspecified atom stereocenters. The van der Waals surface area contributed by atoms with E-state index >= 15 is 0 Å². The van der Waals surface area contributed by atoms with E-state index in [1.54, 1.807) is 12.1 Å². The molecule has 1 aromatic carbocycles. The average Bonchev–Trinajstić information content (AvgIpc) is 3.23. The van der Waals surface area contributed by atoms with Crippen LogP contribution >= 0.6 is 0 Å². The molecule has 2 heterocycles. The maximum atomic E-state index is 12.8. The van der Waals surface area contributed by atoms with Crippen molar-refractivity contribution < 1.29 is 23.7 Å². The molecule has 1 fully saturated rings. The topological polar surface area (TPSA) is 84.7 Å². The van der Waals surface area contributed by atoms with Crippen LogP contribution < -0.4 is 14.2 Å². The van der Waals surface area contributed by atoms with Gasteiger partial charge in [0, 0.05) is 18.1 Å². The highest BCUT2D eigenvalue weighted by Crippen LogP contribution is 2.36. The quantitative estimate of drug-likeness (QED) is 0.702. The fourth-order valence-corrected chi connectivity index (χ4v) is 2.89. The number of benzene rings is 1. The number of ether oxygens (including phenoxy) is 4. The molecule has 8 heteroatoms. The van der Waals surface area contributed by atoms with Crippen LogP contribution in [-0.4, -0.2) is 47.3 Å². The zero-order valence-corrected chi connectivity index (χ0v) is 14.6. The second-order valence-corrected chi connectivity index (χ2v) is 6.21. The van der Waals surface area contributed by atoms with E-state index in [-0.39, 0.29) is 24.6 Å². The number of nitrogens with zero attached hydrogens (tertiary/aromatic N) is 3. The first-order chi connectivity index (χ1) is 12.8. The van der Waals surface area contributed by atoms with E-state index in [9.17, 15) is 4.79 Å². The van der Waals surface area contributed by atoms with Gasteiger partial charge in [0.2, 0.25) is 6.79 Å². The molecule has 8 nitrogen and oxygen atoms in total. The van der Waals surface area contributed by atoms with Gasteiger partial charge in [0.05, 0.1) is 6.61 Å². The number of aromatic nitrogens is 3. The van der Waals surface area contributed by atoms with Crippen molar-refractivity contribution in [2.24, 2.45) is 5.92 Å². The molecule has 1 saturated carbocycles. The van der Waals surface area contributed by atoms with Crippen LogP contribution in [0, 0.1) is 5.92 Å². The Kier molecular flexibility index (Phi) is 4.75. The van der Waals surface area contributed by atoms with Gasteiger partial charge in [-0.2, -0.15) is 9.67 Å². The Morgan fingerprint density at radius 2 is 2.12 bits per heavy atom. The summed E-state index contributed by atoms with van der Waals surface area (Å²) >= 11 is 0. The summed E-state index contributed by atoms with van der Waals surface area (Å²) in [6, 6.07) is 5.62. The highest BCUT2D eigenvalue weighted by molar-refractivity contribution is 5.85. The van der Waals surface area contributed by atoms with Crippen LogP contribution in [0.5, 0.6) is 17.5 Å². The fourth-order valence-electron chi connectivity index (χ4n) is 2.89. The molecular weight excluding hydrogens is 338 g/mol. The molecule has 4 rings (SSSR count). The van der Waals surface area contributed by atoms with E-state index in [1.807, 2.05) is 13.0 Å². The first-order valence-electron chi connectivity index (χ1n) is 8.88. The second-order valence-electron chi connectivity index (χ2n) is 6.21. The van der Waals surface area contributed by atoms with E-state index in [2.05, 4.69) is 10.1 Å². The van der Waals surface area contributed by atoms with Crippen LogP contribution in [0.25, 0.3) is 11.4 Å². The van der Waals surface area contributed by atoms with E-state index in [0.29, 0.717) is 37.1 Å². The number of hydrogen-bond acceptors (Lipinski definition) is 7. The van der Waals surface area contributed by atoms with Crippen molar-refractivity contribution >= 4 is 5.91 Å². The third-order valence-corrected chi connectivity index (χ3v) is 4.54. The molecule has 0 N–H and O–H groups in total. The highest BCUT2D eigenvalue weighted by atomic mass is 16.7. The van der Waals surface area contributed by atoms with Gasteiger partial charge in [-0.15, -0.1) is 5.10 Å². The van der Waals surface area contributed by atoms with Crippen LogP contribution in [0.1, 0.15) is 31.0 Å². The van der Waals surface area contributed by atoms with Gasteiger partial charge in [0.25, 0.3) is 5.91 Å². The van der Waals surface area contributed by atoms with Crippen LogP contribution in [0.4, 0.5) is 0 Å². The number of carbonyl (C=O) groups excluding carboxylic acids is 1. The van der Waals surface area contributed by atoms with Gasteiger partial charge in [-0.3, -0.25) is 4.79 Å². The van der Waals surface area contributed by atoms with Crippen molar-refractivity contribution in [1.29, 1.82) is 0 Å². The molecule has 2 aromatic rings.